The van der Waals surface area contributed by atoms with Crippen molar-refractivity contribution in [2.24, 2.45) is 5.92 Å². The van der Waals surface area contributed by atoms with E-state index in [1.807, 2.05) is 22.6 Å². The SMILES string of the molecule is CCn1cc(Cl)cc1C(=O)N(CC1CCNCC1)C(C)C. The molecular formula is C16H26ClN3O. The number of hydrogen-bond acceptors (Lipinski definition) is 2. The first-order valence-corrected chi connectivity index (χ1v) is 8.28. The number of hydrogen-bond donors (Lipinski definition) is 1. The molecular weight excluding hydrogens is 286 g/mol. The third-order valence-corrected chi connectivity index (χ3v) is 4.43. The molecule has 5 heteroatoms. The van der Waals surface area contributed by atoms with E-state index in [-0.39, 0.29) is 11.9 Å². The van der Waals surface area contributed by atoms with Gasteiger partial charge in [-0.05, 0) is 58.7 Å². The first-order chi connectivity index (χ1) is 10.0. The fourth-order valence-electron chi connectivity index (χ4n) is 2.93. The molecule has 21 heavy (non-hydrogen) atoms. The molecule has 0 aromatic carbocycles. The lowest BCUT2D eigenvalue weighted by atomic mass is 9.97. The molecule has 0 bridgehead atoms. The Morgan fingerprint density at radius 3 is 2.71 bits per heavy atom. The summed E-state index contributed by atoms with van der Waals surface area (Å²) in [5.41, 5.74) is 0.699. The first-order valence-electron chi connectivity index (χ1n) is 7.90. The molecule has 0 aliphatic carbocycles. The molecule has 1 aliphatic rings. The molecule has 1 aliphatic heterocycles. The van der Waals surface area contributed by atoms with Crippen molar-refractivity contribution in [1.29, 1.82) is 0 Å². The van der Waals surface area contributed by atoms with Gasteiger partial charge in [0, 0.05) is 25.3 Å². The highest BCUT2D eigenvalue weighted by Crippen LogP contribution is 2.20. The zero-order valence-electron chi connectivity index (χ0n) is 13.2. The monoisotopic (exact) mass is 311 g/mol. The fourth-order valence-corrected chi connectivity index (χ4v) is 3.15. The van der Waals surface area contributed by atoms with Gasteiger partial charge in [-0.3, -0.25) is 4.79 Å². The Balaban J connectivity index is 2.14. The van der Waals surface area contributed by atoms with Crippen LogP contribution < -0.4 is 5.32 Å². The van der Waals surface area contributed by atoms with Crippen LogP contribution in [-0.4, -0.2) is 41.1 Å². The Hall–Kier alpha value is -1.00. The van der Waals surface area contributed by atoms with Crippen molar-refractivity contribution in [3.8, 4) is 0 Å². The Kier molecular flexibility index (Phi) is 5.71. The molecule has 2 heterocycles. The van der Waals surface area contributed by atoms with E-state index in [1.54, 1.807) is 6.07 Å². The molecule has 1 N–H and O–H groups in total. The number of aromatic nitrogens is 1. The van der Waals surface area contributed by atoms with Crippen molar-refractivity contribution >= 4 is 17.5 Å². The van der Waals surface area contributed by atoms with E-state index < -0.39 is 0 Å². The average Bonchev–Trinajstić information content (AvgIpc) is 2.86. The number of nitrogens with one attached hydrogen (secondary N) is 1. The number of aryl methyl sites for hydroxylation is 1. The summed E-state index contributed by atoms with van der Waals surface area (Å²) in [5, 5.41) is 4.01. The second-order valence-corrected chi connectivity index (χ2v) is 6.51. The van der Waals surface area contributed by atoms with Crippen LogP contribution in [0.3, 0.4) is 0 Å². The number of carbonyl (C=O) groups is 1. The van der Waals surface area contributed by atoms with Gasteiger partial charge in [0.05, 0.1) is 5.02 Å². The van der Waals surface area contributed by atoms with Crippen molar-refractivity contribution in [2.45, 2.75) is 46.2 Å². The molecule has 0 saturated carbocycles. The standard InChI is InChI=1S/C16H26ClN3O/c1-4-19-11-14(17)9-15(19)16(21)20(12(2)3)10-13-5-7-18-8-6-13/h9,11-13,18H,4-8,10H2,1-3H3. The lowest BCUT2D eigenvalue weighted by molar-refractivity contribution is 0.0647. The van der Waals surface area contributed by atoms with E-state index in [9.17, 15) is 4.79 Å². The second kappa shape index (κ2) is 7.32. The summed E-state index contributed by atoms with van der Waals surface area (Å²) in [5.74, 6) is 0.690. The molecule has 0 atom stereocenters. The van der Waals surface area contributed by atoms with Gasteiger partial charge in [-0.1, -0.05) is 11.6 Å². The van der Waals surface area contributed by atoms with Crippen molar-refractivity contribution < 1.29 is 4.79 Å². The van der Waals surface area contributed by atoms with Crippen molar-refractivity contribution in [3.05, 3.63) is 23.0 Å². The number of halogens is 1. The zero-order chi connectivity index (χ0) is 15.4. The maximum absolute atomic E-state index is 12.9. The van der Waals surface area contributed by atoms with Crippen LogP contribution >= 0.6 is 11.6 Å². The third kappa shape index (κ3) is 4.01. The molecule has 2 rings (SSSR count). The van der Waals surface area contributed by atoms with Crippen LogP contribution in [0.4, 0.5) is 0 Å². The van der Waals surface area contributed by atoms with Crippen LogP contribution in [0.15, 0.2) is 12.3 Å². The highest BCUT2D eigenvalue weighted by atomic mass is 35.5. The minimum absolute atomic E-state index is 0.0947. The molecule has 0 spiro atoms. The van der Waals surface area contributed by atoms with Gasteiger partial charge in [-0.25, -0.2) is 0 Å². The Bertz CT molecular complexity index is 478. The topological polar surface area (TPSA) is 37.3 Å². The molecule has 0 radical (unpaired) electrons. The van der Waals surface area contributed by atoms with Crippen LogP contribution in [0.25, 0.3) is 0 Å². The van der Waals surface area contributed by atoms with E-state index in [4.69, 9.17) is 11.6 Å². The summed E-state index contributed by atoms with van der Waals surface area (Å²) in [4.78, 5) is 14.9. The molecule has 118 valence electrons. The van der Waals surface area contributed by atoms with Crippen molar-refractivity contribution in [2.75, 3.05) is 19.6 Å². The third-order valence-electron chi connectivity index (χ3n) is 4.22. The van der Waals surface area contributed by atoms with E-state index in [1.165, 1.54) is 0 Å². The number of nitrogens with zero attached hydrogens (tertiary/aromatic N) is 2. The van der Waals surface area contributed by atoms with Gasteiger partial charge in [-0.15, -0.1) is 0 Å². The van der Waals surface area contributed by atoms with E-state index >= 15 is 0 Å². The molecule has 1 fully saturated rings. The second-order valence-electron chi connectivity index (χ2n) is 6.07. The maximum atomic E-state index is 12.9. The van der Waals surface area contributed by atoms with E-state index in [2.05, 4.69) is 19.2 Å². The summed E-state index contributed by atoms with van der Waals surface area (Å²) in [7, 11) is 0. The van der Waals surface area contributed by atoms with Gasteiger partial charge < -0.3 is 14.8 Å². The Morgan fingerprint density at radius 1 is 1.48 bits per heavy atom. The molecule has 1 amide bonds. The zero-order valence-corrected chi connectivity index (χ0v) is 14.0. The number of piperidine rings is 1. The molecule has 0 unspecified atom stereocenters. The van der Waals surface area contributed by atoms with Gasteiger partial charge in [0.2, 0.25) is 0 Å². The predicted octanol–water partition coefficient (Wildman–Crippen LogP) is 3.01. The summed E-state index contributed by atoms with van der Waals surface area (Å²) < 4.78 is 1.93. The van der Waals surface area contributed by atoms with Crippen molar-refractivity contribution in [1.82, 2.24) is 14.8 Å². The lowest BCUT2D eigenvalue weighted by Crippen LogP contribution is -2.43. The summed E-state index contributed by atoms with van der Waals surface area (Å²) in [6, 6.07) is 1.98. The Morgan fingerprint density at radius 2 is 2.14 bits per heavy atom. The summed E-state index contributed by atoms with van der Waals surface area (Å²) in [6.45, 7) is 9.90. The lowest BCUT2D eigenvalue weighted by Gasteiger charge is -2.33. The molecule has 1 aromatic rings. The van der Waals surface area contributed by atoms with E-state index in [0.29, 0.717) is 16.6 Å². The van der Waals surface area contributed by atoms with Crippen LogP contribution in [0.5, 0.6) is 0 Å². The molecule has 1 saturated heterocycles. The maximum Gasteiger partial charge on any atom is 0.270 e. The number of rotatable bonds is 5. The highest BCUT2D eigenvalue weighted by molar-refractivity contribution is 6.31. The molecule has 4 nitrogen and oxygen atoms in total. The quantitative estimate of drug-likeness (QED) is 0.907. The van der Waals surface area contributed by atoms with Gasteiger partial charge >= 0.3 is 0 Å². The fraction of sp³-hybridized carbons (Fsp3) is 0.688. The summed E-state index contributed by atoms with van der Waals surface area (Å²) in [6.07, 6.45) is 4.12. The normalized spacial score (nSPS) is 16.4. The predicted molar refractivity (Wildman–Crippen MR) is 86.9 cm³/mol. The van der Waals surface area contributed by atoms with Crippen LogP contribution in [0, 0.1) is 5.92 Å². The average molecular weight is 312 g/mol. The largest absolute Gasteiger partial charge is 0.342 e. The van der Waals surface area contributed by atoms with Gasteiger partial charge in [0.25, 0.3) is 5.91 Å². The van der Waals surface area contributed by atoms with E-state index in [0.717, 1.165) is 39.0 Å². The molecule has 1 aromatic heterocycles. The first kappa shape index (κ1) is 16.4. The van der Waals surface area contributed by atoms with Crippen molar-refractivity contribution in [3.63, 3.8) is 0 Å². The van der Waals surface area contributed by atoms with Gasteiger partial charge in [0.1, 0.15) is 5.69 Å². The van der Waals surface area contributed by atoms with Crippen LogP contribution in [0.1, 0.15) is 44.1 Å². The van der Waals surface area contributed by atoms with Gasteiger partial charge in [-0.2, -0.15) is 0 Å². The van der Waals surface area contributed by atoms with Crippen LogP contribution in [-0.2, 0) is 6.54 Å². The van der Waals surface area contributed by atoms with Crippen LogP contribution in [0.2, 0.25) is 5.02 Å². The number of amides is 1. The smallest absolute Gasteiger partial charge is 0.270 e. The number of carbonyl (C=O) groups excluding carboxylic acids is 1. The van der Waals surface area contributed by atoms with Gasteiger partial charge in [0.15, 0.2) is 0 Å². The minimum atomic E-state index is 0.0947. The minimum Gasteiger partial charge on any atom is -0.342 e. The summed E-state index contributed by atoms with van der Waals surface area (Å²) >= 11 is 6.06. The highest BCUT2D eigenvalue weighted by Gasteiger charge is 2.25. The Labute approximate surface area is 132 Å².